The zero-order valence-electron chi connectivity index (χ0n) is 22.5. The summed E-state index contributed by atoms with van der Waals surface area (Å²) in [5.41, 5.74) is 2.49. The average Bonchev–Trinajstić information content (AvgIpc) is 3.30. The number of piperidine rings is 2. The summed E-state index contributed by atoms with van der Waals surface area (Å²) >= 11 is 6.56. The Hall–Kier alpha value is -3.53. The molecule has 0 aliphatic carbocycles. The minimum atomic E-state index is -2.84. The van der Waals surface area contributed by atoms with Crippen molar-refractivity contribution in [2.24, 2.45) is 11.8 Å². The molecule has 3 aliphatic heterocycles. The van der Waals surface area contributed by atoms with Crippen LogP contribution in [0.1, 0.15) is 57.7 Å². The number of rotatable bonds is 7. The summed E-state index contributed by atoms with van der Waals surface area (Å²) < 4.78 is 28.5. The van der Waals surface area contributed by atoms with Crippen LogP contribution in [0.5, 0.6) is 0 Å². The summed E-state index contributed by atoms with van der Waals surface area (Å²) in [5.74, 6) is -3.55. The number of amides is 2. The molecule has 0 radical (unpaired) electrons. The molecule has 2 N–H and O–H groups in total. The van der Waals surface area contributed by atoms with E-state index in [0.29, 0.717) is 39.0 Å². The molecule has 8 nitrogen and oxygen atoms in total. The monoisotopic (exact) mass is 570 g/mol. The Morgan fingerprint density at radius 2 is 1.98 bits per heavy atom. The molecule has 212 valence electrons. The lowest BCUT2D eigenvalue weighted by Gasteiger charge is -2.37. The first-order valence-corrected chi connectivity index (χ1v) is 13.9. The van der Waals surface area contributed by atoms with Gasteiger partial charge in [-0.25, -0.2) is 13.8 Å². The van der Waals surface area contributed by atoms with E-state index < -0.39 is 17.7 Å². The van der Waals surface area contributed by atoms with Crippen molar-refractivity contribution in [3.63, 3.8) is 0 Å². The molecule has 0 spiro atoms. The van der Waals surface area contributed by atoms with E-state index in [1.807, 2.05) is 6.08 Å². The SMILES string of the molecule is C=CCC1CCN(c2cc(Cl)c3c(c2C(=O)Nc2cc(C)nc(N4CCC(F)(F)C(C=C)C4)n2)CNC3=O)CC1. The molecule has 1 unspecified atom stereocenters. The minimum absolute atomic E-state index is 0.0256. The number of halogens is 3. The van der Waals surface area contributed by atoms with Gasteiger partial charge in [0.2, 0.25) is 5.95 Å². The molecule has 2 aromatic rings. The Morgan fingerprint density at radius 1 is 1.23 bits per heavy atom. The first kappa shape index (κ1) is 28.0. The summed E-state index contributed by atoms with van der Waals surface area (Å²) in [6.07, 6.45) is 5.72. The molecule has 5 rings (SSSR count). The molecule has 0 bridgehead atoms. The van der Waals surface area contributed by atoms with Crippen molar-refractivity contribution in [3.8, 4) is 0 Å². The fraction of sp³-hybridized carbons (Fsp3) is 0.448. The van der Waals surface area contributed by atoms with Crippen molar-refractivity contribution in [1.29, 1.82) is 0 Å². The quantitative estimate of drug-likeness (QED) is 0.435. The van der Waals surface area contributed by atoms with Crippen LogP contribution in [0.4, 0.5) is 26.2 Å². The molecular formula is C29H33ClF2N6O2. The Kier molecular flexibility index (Phi) is 7.81. The van der Waals surface area contributed by atoms with Gasteiger partial charge in [-0.1, -0.05) is 23.8 Å². The van der Waals surface area contributed by atoms with Crippen LogP contribution in [-0.2, 0) is 6.54 Å². The number of fused-ring (bicyclic) bond motifs is 1. The number of carbonyl (C=O) groups is 2. The van der Waals surface area contributed by atoms with E-state index in [2.05, 4.69) is 38.7 Å². The van der Waals surface area contributed by atoms with Gasteiger partial charge in [0.1, 0.15) is 5.82 Å². The molecule has 4 heterocycles. The van der Waals surface area contributed by atoms with E-state index in [1.54, 1.807) is 24.0 Å². The molecule has 1 atom stereocenters. The molecule has 40 heavy (non-hydrogen) atoms. The second-order valence-corrected chi connectivity index (χ2v) is 11.1. The number of aryl methyl sites for hydroxylation is 1. The summed E-state index contributed by atoms with van der Waals surface area (Å²) in [4.78, 5) is 39.2. The van der Waals surface area contributed by atoms with Crippen LogP contribution in [0.15, 0.2) is 37.4 Å². The van der Waals surface area contributed by atoms with Crippen LogP contribution in [0.2, 0.25) is 5.02 Å². The second-order valence-electron chi connectivity index (χ2n) is 10.7. The van der Waals surface area contributed by atoms with Crippen molar-refractivity contribution in [2.75, 3.05) is 41.3 Å². The van der Waals surface area contributed by atoms with Crippen molar-refractivity contribution < 1.29 is 18.4 Å². The van der Waals surface area contributed by atoms with E-state index in [-0.39, 0.29) is 43.7 Å². The number of hydrogen-bond acceptors (Lipinski definition) is 6. The highest BCUT2D eigenvalue weighted by atomic mass is 35.5. The third-order valence-electron chi connectivity index (χ3n) is 8.02. The largest absolute Gasteiger partial charge is 0.371 e. The molecule has 1 aromatic carbocycles. The maximum atomic E-state index is 14.3. The van der Waals surface area contributed by atoms with Gasteiger partial charge in [0, 0.05) is 56.5 Å². The number of carbonyl (C=O) groups excluding carboxylic acids is 2. The van der Waals surface area contributed by atoms with Crippen LogP contribution in [-0.4, -0.2) is 53.9 Å². The van der Waals surface area contributed by atoms with Gasteiger partial charge in [0.05, 0.1) is 27.8 Å². The van der Waals surface area contributed by atoms with E-state index in [9.17, 15) is 18.4 Å². The Balaban J connectivity index is 1.45. The maximum absolute atomic E-state index is 14.3. The zero-order valence-corrected chi connectivity index (χ0v) is 23.2. The fourth-order valence-electron chi connectivity index (χ4n) is 5.81. The average molecular weight is 571 g/mol. The first-order chi connectivity index (χ1) is 19.1. The Morgan fingerprint density at radius 3 is 2.67 bits per heavy atom. The smallest absolute Gasteiger partial charge is 0.259 e. The standard InChI is InChI=1S/C29H33ClF2N6O2/c1-4-6-18-7-10-37(11-8-18)22-14-21(30)24-20(15-33-26(24)39)25(22)27(40)35-23-13-17(3)34-28(36-23)38-12-9-29(31,32)19(5-2)16-38/h4-5,13-14,18-19H,1-2,6-12,15-16H2,3H3,(H,33,39)(H,34,35,36,40). The predicted octanol–water partition coefficient (Wildman–Crippen LogP) is 5.37. The maximum Gasteiger partial charge on any atom is 0.259 e. The molecule has 2 fully saturated rings. The second kappa shape index (κ2) is 11.2. The van der Waals surface area contributed by atoms with Crippen molar-refractivity contribution in [1.82, 2.24) is 15.3 Å². The third-order valence-corrected chi connectivity index (χ3v) is 8.32. The number of allylic oxidation sites excluding steroid dienone is 1. The summed E-state index contributed by atoms with van der Waals surface area (Å²) in [6, 6.07) is 3.33. The van der Waals surface area contributed by atoms with Gasteiger partial charge in [0.25, 0.3) is 17.7 Å². The number of anilines is 3. The lowest BCUT2D eigenvalue weighted by Crippen LogP contribution is -2.47. The topological polar surface area (TPSA) is 90.5 Å². The van der Waals surface area contributed by atoms with E-state index in [0.717, 1.165) is 32.4 Å². The minimum Gasteiger partial charge on any atom is -0.371 e. The number of nitrogens with zero attached hydrogens (tertiary/aromatic N) is 4. The molecule has 0 saturated carbocycles. The normalized spacial score (nSPS) is 20.6. The third kappa shape index (κ3) is 5.41. The number of nitrogens with one attached hydrogen (secondary N) is 2. The number of alkyl halides is 2. The highest BCUT2D eigenvalue weighted by Gasteiger charge is 2.43. The Labute approximate surface area is 237 Å². The zero-order chi connectivity index (χ0) is 28.6. The lowest BCUT2D eigenvalue weighted by molar-refractivity contribution is -0.0545. The van der Waals surface area contributed by atoms with Crippen molar-refractivity contribution in [3.05, 3.63) is 64.8 Å². The van der Waals surface area contributed by atoms with Gasteiger partial charge in [0.15, 0.2) is 0 Å². The van der Waals surface area contributed by atoms with Gasteiger partial charge in [-0.05, 0) is 38.2 Å². The van der Waals surface area contributed by atoms with Gasteiger partial charge in [-0.3, -0.25) is 9.59 Å². The molecule has 11 heteroatoms. The summed E-state index contributed by atoms with van der Waals surface area (Å²) in [6.45, 7) is 11.0. The van der Waals surface area contributed by atoms with E-state index >= 15 is 0 Å². The number of benzene rings is 1. The number of aromatic nitrogens is 2. The molecule has 1 aromatic heterocycles. The molecule has 2 amide bonds. The fourth-order valence-corrected chi connectivity index (χ4v) is 6.12. The predicted molar refractivity (Wildman–Crippen MR) is 153 cm³/mol. The molecular weight excluding hydrogens is 538 g/mol. The van der Waals surface area contributed by atoms with Gasteiger partial charge in [-0.15, -0.1) is 13.2 Å². The highest BCUT2D eigenvalue weighted by Crippen LogP contribution is 2.38. The number of hydrogen-bond donors (Lipinski definition) is 2. The van der Waals surface area contributed by atoms with Crippen LogP contribution in [0.25, 0.3) is 0 Å². The van der Waals surface area contributed by atoms with Crippen LogP contribution >= 0.6 is 11.6 Å². The van der Waals surface area contributed by atoms with Gasteiger partial charge < -0.3 is 20.4 Å². The highest BCUT2D eigenvalue weighted by molar-refractivity contribution is 6.35. The molecule has 3 aliphatic rings. The van der Waals surface area contributed by atoms with Crippen molar-refractivity contribution in [2.45, 2.75) is 45.1 Å². The Bertz CT molecular complexity index is 1360. The first-order valence-electron chi connectivity index (χ1n) is 13.5. The van der Waals surface area contributed by atoms with Crippen LogP contribution in [0.3, 0.4) is 0 Å². The van der Waals surface area contributed by atoms with Crippen LogP contribution in [0, 0.1) is 18.8 Å². The van der Waals surface area contributed by atoms with Gasteiger partial charge in [-0.2, -0.15) is 4.98 Å². The summed E-state index contributed by atoms with van der Waals surface area (Å²) in [5, 5.41) is 5.98. The molecule has 2 saturated heterocycles. The van der Waals surface area contributed by atoms with Crippen molar-refractivity contribution >= 4 is 40.9 Å². The lowest BCUT2D eigenvalue weighted by atomic mass is 9.92. The van der Waals surface area contributed by atoms with Crippen LogP contribution < -0.4 is 20.4 Å². The van der Waals surface area contributed by atoms with E-state index in [4.69, 9.17) is 11.6 Å². The summed E-state index contributed by atoms with van der Waals surface area (Å²) in [7, 11) is 0. The van der Waals surface area contributed by atoms with Gasteiger partial charge >= 0.3 is 0 Å². The van der Waals surface area contributed by atoms with E-state index in [1.165, 1.54) is 6.08 Å².